The van der Waals surface area contributed by atoms with Crippen LogP contribution in [0.3, 0.4) is 0 Å². The fourth-order valence-corrected chi connectivity index (χ4v) is 2.74. The lowest BCUT2D eigenvalue weighted by molar-refractivity contribution is 0.409. The zero-order valence-electron chi connectivity index (χ0n) is 13.9. The molecule has 1 aromatic rings. The van der Waals surface area contributed by atoms with Crippen molar-refractivity contribution in [1.82, 2.24) is 10.2 Å². The molecule has 0 bridgehead atoms. The van der Waals surface area contributed by atoms with Crippen LogP contribution < -0.4 is 10.1 Å². The number of guanidine groups is 1. The molecule has 0 aromatic heterocycles. The summed E-state index contributed by atoms with van der Waals surface area (Å²) in [4.78, 5) is 7.13. The smallest absolute Gasteiger partial charge is 0.193 e. The minimum Gasteiger partial charge on any atom is -0.496 e. The Morgan fingerprint density at radius 2 is 2.05 bits per heavy atom. The van der Waals surface area contributed by atoms with Crippen LogP contribution in [-0.2, 0) is 6.42 Å². The van der Waals surface area contributed by atoms with Crippen molar-refractivity contribution in [3.05, 3.63) is 29.3 Å². The number of halogens is 1. The van der Waals surface area contributed by atoms with Gasteiger partial charge in [-0.2, -0.15) is 0 Å². The molecule has 2 rings (SSSR count). The number of hydrogen-bond acceptors (Lipinski definition) is 2. The lowest BCUT2D eigenvalue weighted by Crippen LogP contribution is -2.39. The molecule has 1 heterocycles. The molecule has 1 aliphatic heterocycles. The topological polar surface area (TPSA) is 36.9 Å². The highest BCUT2D eigenvalue weighted by atomic mass is 127. The van der Waals surface area contributed by atoms with E-state index in [-0.39, 0.29) is 24.0 Å². The fraction of sp³-hybridized carbons (Fsp3) is 0.588. The predicted molar refractivity (Wildman–Crippen MR) is 104 cm³/mol. The van der Waals surface area contributed by atoms with Gasteiger partial charge in [0.05, 0.1) is 7.11 Å². The van der Waals surface area contributed by atoms with E-state index in [1.807, 2.05) is 6.07 Å². The van der Waals surface area contributed by atoms with Crippen LogP contribution in [0.1, 0.15) is 30.9 Å². The first-order valence-corrected chi connectivity index (χ1v) is 7.91. The largest absolute Gasteiger partial charge is 0.496 e. The number of rotatable bonds is 5. The lowest BCUT2D eigenvalue weighted by atomic mass is 10.1. The van der Waals surface area contributed by atoms with E-state index in [1.165, 1.54) is 24.0 Å². The van der Waals surface area contributed by atoms with Crippen LogP contribution in [0.4, 0.5) is 0 Å². The van der Waals surface area contributed by atoms with Gasteiger partial charge in [0.25, 0.3) is 0 Å². The van der Waals surface area contributed by atoms with Gasteiger partial charge in [0, 0.05) is 26.2 Å². The second-order valence-electron chi connectivity index (χ2n) is 5.50. The van der Waals surface area contributed by atoms with Gasteiger partial charge in [-0.05, 0) is 44.7 Å². The fourth-order valence-electron chi connectivity index (χ4n) is 2.74. The van der Waals surface area contributed by atoms with E-state index in [9.17, 15) is 0 Å². The first-order valence-electron chi connectivity index (χ1n) is 7.91. The number of nitrogens with one attached hydrogen (secondary N) is 1. The Morgan fingerprint density at radius 1 is 1.32 bits per heavy atom. The molecule has 22 heavy (non-hydrogen) atoms. The summed E-state index contributed by atoms with van der Waals surface area (Å²) >= 11 is 0. The molecule has 0 unspecified atom stereocenters. The molecule has 0 radical (unpaired) electrons. The summed E-state index contributed by atoms with van der Waals surface area (Å²) in [5.41, 5.74) is 2.50. The second kappa shape index (κ2) is 9.92. The quantitative estimate of drug-likeness (QED) is 0.454. The van der Waals surface area contributed by atoms with E-state index in [4.69, 9.17) is 9.73 Å². The Bertz CT molecular complexity index is 485. The third-order valence-electron chi connectivity index (χ3n) is 3.82. The number of likely N-dealkylation sites (tertiary alicyclic amines) is 1. The van der Waals surface area contributed by atoms with Gasteiger partial charge in [-0.1, -0.05) is 17.7 Å². The van der Waals surface area contributed by atoms with E-state index >= 15 is 0 Å². The van der Waals surface area contributed by atoms with Crippen molar-refractivity contribution in [2.45, 2.75) is 33.1 Å². The Hall–Kier alpha value is -0.980. The van der Waals surface area contributed by atoms with Crippen LogP contribution >= 0.6 is 24.0 Å². The number of aliphatic imine (C=N–C) groups is 1. The second-order valence-corrected chi connectivity index (χ2v) is 5.50. The highest BCUT2D eigenvalue weighted by Gasteiger charge is 2.15. The summed E-state index contributed by atoms with van der Waals surface area (Å²) in [6.45, 7) is 8.19. The van der Waals surface area contributed by atoms with E-state index in [0.29, 0.717) is 0 Å². The molecule has 1 N–H and O–H groups in total. The zero-order valence-corrected chi connectivity index (χ0v) is 16.2. The lowest BCUT2D eigenvalue weighted by Gasteiger charge is -2.20. The molecule has 4 nitrogen and oxygen atoms in total. The van der Waals surface area contributed by atoms with Crippen molar-refractivity contribution in [3.8, 4) is 5.75 Å². The molecule has 0 amide bonds. The summed E-state index contributed by atoms with van der Waals surface area (Å²) in [6.07, 6.45) is 3.46. The summed E-state index contributed by atoms with van der Waals surface area (Å²) in [5, 5.41) is 3.40. The Labute approximate surface area is 151 Å². The SMILES string of the molecule is CCNC(=NCCc1cc(C)ccc1OC)N1CCCC1.I. The number of aryl methyl sites for hydroxylation is 1. The van der Waals surface area contributed by atoms with Gasteiger partial charge in [0.15, 0.2) is 5.96 Å². The first kappa shape index (κ1) is 19.1. The number of benzene rings is 1. The minimum absolute atomic E-state index is 0. The van der Waals surface area contributed by atoms with Crippen LogP contribution in [0, 0.1) is 6.92 Å². The number of methoxy groups -OCH3 is 1. The molecule has 0 aliphatic carbocycles. The summed E-state index contributed by atoms with van der Waals surface area (Å²) in [5.74, 6) is 2.02. The minimum atomic E-state index is 0. The molecule has 1 fully saturated rings. The maximum atomic E-state index is 5.43. The van der Waals surface area contributed by atoms with Gasteiger partial charge in [0.2, 0.25) is 0 Å². The Kier molecular flexibility index (Phi) is 8.60. The van der Waals surface area contributed by atoms with Crippen LogP contribution in [0.5, 0.6) is 5.75 Å². The van der Waals surface area contributed by atoms with Gasteiger partial charge in [-0.15, -0.1) is 24.0 Å². The van der Waals surface area contributed by atoms with E-state index < -0.39 is 0 Å². The molecular formula is C17H28IN3O. The van der Waals surface area contributed by atoms with Crippen molar-refractivity contribution >= 4 is 29.9 Å². The van der Waals surface area contributed by atoms with Crippen LogP contribution in [0.15, 0.2) is 23.2 Å². The molecule has 0 spiro atoms. The number of nitrogens with zero attached hydrogens (tertiary/aromatic N) is 2. The summed E-state index contributed by atoms with van der Waals surface area (Å²) in [7, 11) is 1.73. The van der Waals surface area contributed by atoms with E-state index in [0.717, 1.165) is 44.3 Å². The number of hydrogen-bond donors (Lipinski definition) is 1. The average Bonchev–Trinajstić information content (AvgIpc) is 3.01. The van der Waals surface area contributed by atoms with E-state index in [1.54, 1.807) is 7.11 Å². The van der Waals surface area contributed by atoms with Gasteiger partial charge < -0.3 is 15.0 Å². The Morgan fingerprint density at radius 3 is 2.68 bits per heavy atom. The van der Waals surface area contributed by atoms with Crippen LogP contribution in [-0.4, -0.2) is 44.1 Å². The van der Waals surface area contributed by atoms with Crippen LogP contribution in [0.2, 0.25) is 0 Å². The Balaban J connectivity index is 0.00000242. The van der Waals surface area contributed by atoms with E-state index in [2.05, 4.69) is 36.2 Å². The third-order valence-corrected chi connectivity index (χ3v) is 3.82. The van der Waals surface area contributed by atoms with Gasteiger partial charge in [-0.3, -0.25) is 4.99 Å². The van der Waals surface area contributed by atoms with Crippen LogP contribution in [0.25, 0.3) is 0 Å². The van der Waals surface area contributed by atoms with Crippen molar-refractivity contribution in [2.24, 2.45) is 4.99 Å². The molecule has 124 valence electrons. The van der Waals surface area contributed by atoms with Gasteiger partial charge >= 0.3 is 0 Å². The van der Waals surface area contributed by atoms with Crippen molar-refractivity contribution < 1.29 is 4.74 Å². The molecular weight excluding hydrogens is 389 g/mol. The van der Waals surface area contributed by atoms with Gasteiger partial charge in [0.1, 0.15) is 5.75 Å². The standard InChI is InChI=1S/C17H27N3O.HI/c1-4-18-17(20-11-5-6-12-20)19-10-9-15-13-14(2)7-8-16(15)21-3;/h7-8,13H,4-6,9-12H2,1-3H3,(H,18,19);1H. The molecule has 5 heteroatoms. The number of ether oxygens (including phenoxy) is 1. The zero-order chi connectivity index (χ0) is 15.1. The molecule has 0 saturated carbocycles. The van der Waals surface area contributed by atoms with Crippen molar-refractivity contribution in [3.63, 3.8) is 0 Å². The maximum absolute atomic E-state index is 5.43. The maximum Gasteiger partial charge on any atom is 0.193 e. The van der Waals surface area contributed by atoms with Gasteiger partial charge in [-0.25, -0.2) is 0 Å². The normalized spacial score (nSPS) is 14.7. The molecule has 1 aromatic carbocycles. The van der Waals surface area contributed by atoms with Crippen molar-refractivity contribution in [1.29, 1.82) is 0 Å². The molecule has 0 atom stereocenters. The summed E-state index contributed by atoms with van der Waals surface area (Å²) < 4.78 is 5.43. The summed E-state index contributed by atoms with van der Waals surface area (Å²) in [6, 6.07) is 6.32. The molecule has 1 aliphatic rings. The third kappa shape index (κ3) is 5.34. The molecule has 1 saturated heterocycles. The highest BCUT2D eigenvalue weighted by molar-refractivity contribution is 14.0. The average molecular weight is 417 g/mol. The monoisotopic (exact) mass is 417 g/mol. The van der Waals surface area contributed by atoms with Crippen molar-refractivity contribution in [2.75, 3.05) is 33.3 Å². The predicted octanol–water partition coefficient (Wildman–Crippen LogP) is 3.23. The highest BCUT2D eigenvalue weighted by Crippen LogP contribution is 2.20. The first-order chi connectivity index (χ1) is 10.2.